The Balaban J connectivity index is 1.33. The van der Waals surface area contributed by atoms with E-state index >= 15 is 4.39 Å². The van der Waals surface area contributed by atoms with Gasteiger partial charge < -0.3 is 20.3 Å². The summed E-state index contributed by atoms with van der Waals surface area (Å²) in [5.74, 6) is 0.271. The summed E-state index contributed by atoms with van der Waals surface area (Å²) >= 11 is 6.41. The summed E-state index contributed by atoms with van der Waals surface area (Å²) in [4.78, 5) is 29.3. The van der Waals surface area contributed by atoms with Crippen LogP contribution in [0.15, 0.2) is 71.9 Å². The number of nitrogens with zero attached hydrogens (tertiary/aromatic N) is 4. The smallest absolute Gasteiger partial charge is 0.254 e. The molecule has 2 aliphatic rings. The Morgan fingerprint density at radius 2 is 1.86 bits per heavy atom. The van der Waals surface area contributed by atoms with Gasteiger partial charge in [-0.15, -0.1) is 0 Å². The van der Waals surface area contributed by atoms with Gasteiger partial charge >= 0.3 is 0 Å². The maximum atomic E-state index is 15.2. The second kappa shape index (κ2) is 11.5. The van der Waals surface area contributed by atoms with Crippen molar-refractivity contribution in [2.75, 3.05) is 25.5 Å². The zero-order valence-electron chi connectivity index (χ0n) is 23.5. The Morgan fingerprint density at radius 1 is 1.07 bits per heavy atom. The van der Waals surface area contributed by atoms with Gasteiger partial charge in [-0.3, -0.25) is 9.79 Å². The molecule has 6 rings (SSSR count). The van der Waals surface area contributed by atoms with Crippen molar-refractivity contribution in [3.63, 3.8) is 0 Å². The lowest BCUT2D eigenvalue weighted by Crippen LogP contribution is -2.55. The summed E-state index contributed by atoms with van der Waals surface area (Å²) in [5.41, 5.74) is 4.79. The van der Waals surface area contributed by atoms with E-state index in [9.17, 15) is 4.79 Å². The number of hydrogen-bond donors (Lipinski definition) is 2. The number of amides is 1. The number of carbonyl (C=O) groups excluding carboxylic acids is 1. The minimum absolute atomic E-state index is 0.0132. The van der Waals surface area contributed by atoms with E-state index < -0.39 is 5.82 Å². The number of aromatic nitrogens is 2. The fraction of sp³-hybridized carbons (Fsp3) is 0.250. The van der Waals surface area contributed by atoms with Gasteiger partial charge in [0.05, 0.1) is 30.6 Å². The molecule has 3 heterocycles. The number of nitrogens with one attached hydrogen (secondary N) is 2. The average Bonchev–Trinajstić information content (AvgIpc) is 3.12. The Morgan fingerprint density at radius 3 is 2.64 bits per heavy atom. The molecular weight excluding hydrogens is 555 g/mol. The summed E-state index contributed by atoms with van der Waals surface area (Å²) in [6.07, 6.45) is 1.71. The fourth-order valence-corrected chi connectivity index (χ4v) is 5.81. The third-order valence-corrected chi connectivity index (χ3v) is 7.64. The highest BCUT2D eigenvalue weighted by molar-refractivity contribution is 6.31. The van der Waals surface area contributed by atoms with Crippen LogP contribution in [0.5, 0.6) is 5.75 Å². The van der Waals surface area contributed by atoms with Crippen LogP contribution in [0.2, 0.25) is 5.02 Å². The molecule has 214 valence electrons. The van der Waals surface area contributed by atoms with Gasteiger partial charge in [0.2, 0.25) is 5.95 Å². The molecule has 1 aromatic heterocycles. The lowest BCUT2D eigenvalue weighted by Gasteiger charge is -2.36. The molecule has 0 spiro atoms. The van der Waals surface area contributed by atoms with Crippen LogP contribution < -0.4 is 15.4 Å². The molecule has 0 bridgehead atoms. The standard InChI is InChI=1S/C32H30ClFN6O2/c1-18-16-40(17-19(2)37-18)31(41)20-6-4-7-23(12-20)38-32-36-15-21-14-35-30(28-26(34)8-5-9-27(28)42-3)25-13-22(33)10-11-24(25)29(21)39-32/h4-13,15,18-19,37H,14,16-17H2,1-3H3,(H,36,38,39). The van der Waals surface area contributed by atoms with E-state index in [0.29, 0.717) is 58.0 Å². The first-order valence-corrected chi connectivity index (χ1v) is 14.1. The molecule has 0 radical (unpaired) electrons. The van der Waals surface area contributed by atoms with Gasteiger partial charge in [-0.2, -0.15) is 0 Å². The van der Waals surface area contributed by atoms with E-state index in [1.54, 1.807) is 30.5 Å². The molecule has 1 saturated heterocycles. The number of ether oxygens (including phenoxy) is 1. The molecule has 8 nitrogen and oxygen atoms in total. The number of carbonyl (C=O) groups is 1. The third kappa shape index (κ3) is 5.45. The van der Waals surface area contributed by atoms with E-state index in [2.05, 4.69) is 29.5 Å². The van der Waals surface area contributed by atoms with Crippen LogP contribution in [0.4, 0.5) is 16.0 Å². The van der Waals surface area contributed by atoms with Crippen LogP contribution in [0, 0.1) is 5.82 Å². The highest BCUT2D eigenvalue weighted by Crippen LogP contribution is 2.36. The number of anilines is 2. The van der Waals surface area contributed by atoms with Crippen molar-refractivity contribution in [2.45, 2.75) is 32.5 Å². The second-order valence-corrected chi connectivity index (χ2v) is 11.1. The first-order chi connectivity index (χ1) is 20.3. The first-order valence-electron chi connectivity index (χ1n) is 13.8. The maximum absolute atomic E-state index is 15.2. The molecular formula is C32H30ClFN6O2. The minimum atomic E-state index is -0.447. The summed E-state index contributed by atoms with van der Waals surface area (Å²) in [6, 6.07) is 17.9. The van der Waals surface area contributed by atoms with Crippen molar-refractivity contribution in [2.24, 2.45) is 4.99 Å². The molecule has 10 heteroatoms. The predicted octanol–water partition coefficient (Wildman–Crippen LogP) is 5.86. The fourth-order valence-electron chi connectivity index (χ4n) is 5.64. The molecule has 3 aromatic carbocycles. The molecule has 2 unspecified atom stereocenters. The van der Waals surface area contributed by atoms with Gasteiger partial charge in [0.15, 0.2) is 0 Å². The van der Waals surface area contributed by atoms with Crippen LogP contribution in [0.3, 0.4) is 0 Å². The molecule has 4 aromatic rings. The van der Waals surface area contributed by atoms with Crippen molar-refractivity contribution in [3.8, 4) is 17.0 Å². The topological polar surface area (TPSA) is 91.7 Å². The SMILES string of the molecule is COc1cccc(F)c1C1=NCc2cnc(Nc3cccc(C(=O)N4CC(C)NC(C)C4)c3)nc2-c2ccc(Cl)cc21. The van der Waals surface area contributed by atoms with Crippen molar-refractivity contribution in [3.05, 3.63) is 100.0 Å². The van der Waals surface area contributed by atoms with Gasteiger partial charge in [-0.1, -0.05) is 29.8 Å². The molecule has 0 saturated carbocycles. The van der Waals surface area contributed by atoms with Gasteiger partial charge in [0.25, 0.3) is 5.91 Å². The summed E-state index contributed by atoms with van der Waals surface area (Å²) in [6.45, 7) is 5.70. The van der Waals surface area contributed by atoms with Crippen LogP contribution in [0.25, 0.3) is 11.3 Å². The van der Waals surface area contributed by atoms with Gasteiger partial charge in [0.1, 0.15) is 11.6 Å². The third-order valence-electron chi connectivity index (χ3n) is 7.41. The Hall–Kier alpha value is -4.34. The molecule has 2 aliphatic heterocycles. The van der Waals surface area contributed by atoms with Crippen molar-refractivity contribution in [1.82, 2.24) is 20.2 Å². The number of fused-ring (bicyclic) bond motifs is 3. The van der Waals surface area contributed by atoms with E-state index in [1.165, 1.54) is 13.2 Å². The van der Waals surface area contributed by atoms with Crippen LogP contribution in [0.1, 0.15) is 40.9 Å². The monoisotopic (exact) mass is 584 g/mol. The summed E-state index contributed by atoms with van der Waals surface area (Å²) < 4.78 is 20.7. The normalized spacial score (nSPS) is 17.9. The zero-order chi connectivity index (χ0) is 29.4. The van der Waals surface area contributed by atoms with E-state index in [-0.39, 0.29) is 30.1 Å². The zero-order valence-corrected chi connectivity index (χ0v) is 24.2. The lowest BCUT2D eigenvalue weighted by molar-refractivity contribution is 0.0674. The Labute approximate surface area is 248 Å². The van der Waals surface area contributed by atoms with Crippen molar-refractivity contribution >= 4 is 34.9 Å². The van der Waals surface area contributed by atoms with Gasteiger partial charge in [-0.25, -0.2) is 14.4 Å². The molecule has 1 fully saturated rings. The highest BCUT2D eigenvalue weighted by atomic mass is 35.5. The maximum Gasteiger partial charge on any atom is 0.254 e. The van der Waals surface area contributed by atoms with E-state index in [4.69, 9.17) is 26.3 Å². The van der Waals surface area contributed by atoms with Gasteiger partial charge in [-0.05, 0) is 56.3 Å². The predicted molar refractivity (Wildman–Crippen MR) is 162 cm³/mol. The largest absolute Gasteiger partial charge is 0.496 e. The van der Waals surface area contributed by atoms with Crippen LogP contribution in [-0.2, 0) is 6.54 Å². The van der Waals surface area contributed by atoms with E-state index in [1.807, 2.05) is 35.2 Å². The summed E-state index contributed by atoms with van der Waals surface area (Å²) in [7, 11) is 1.50. The second-order valence-electron chi connectivity index (χ2n) is 10.6. The molecule has 42 heavy (non-hydrogen) atoms. The van der Waals surface area contributed by atoms with Crippen LogP contribution >= 0.6 is 11.6 Å². The molecule has 2 atom stereocenters. The number of aliphatic imine (C=N–C) groups is 1. The summed E-state index contributed by atoms with van der Waals surface area (Å²) in [5, 5.41) is 7.20. The number of methoxy groups -OCH3 is 1. The number of piperazine rings is 1. The van der Waals surface area contributed by atoms with Gasteiger partial charge in [0, 0.05) is 64.3 Å². The Bertz CT molecular complexity index is 1700. The minimum Gasteiger partial charge on any atom is -0.496 e. The average molecular weight is 585 g/mol. The lowest BCUT2D eigenvalue weighted by atomic mass is 9.94. The molecule has 2 N–H and O–H groups in total. The van der Waals surface area contributed by atoms with E-state index in [0.717, 1.165) is 11.1 Å². The number of hydrogen-bond acceptors (Lipinski definition) is 7. The van der Waals surface area contributed by atoms with Crippen molar-refractivity contribution in [1.29, 1.82) is 0 Å². The van der Waals surface area contributed by atoms with Crippen LogP contribution in [-0.4, -0.2) is 58.8 Å². The number of rotatable bonds is 5. The molecule has 1 amide bonds. The quantitative estimate of drug-likeness (QED) is 0.305. The number of benzene rings is 3. The molecule has 0 aliphatic carbocycles. The Kier molecular flexibility index (Phi) is 7.62. The first kappa shape index (κ1) is 27.8. The van der Waals surface area contributed by atoms with Crippen molar-refractivity contribution < 1.29 is 13.9 Å². The number of halogens is 2. The highest BCUT2D eigenvalue weighted by Gasteiger charge is 2.27.